The van der Waals surface area contributed by atoms with Gasteiger partial charge in [-0.15, -0.1) is 11.8 Å². The fourth-order valence-corrected chi connectivity index (χ4v) is 3.01. The van der Waals surface area contributed by atoms with E-state index in [-0.39, 0.29) is 52.1 Å². The van der Waals surface area contributed by atoms with E-state index in [1.807, 2.05) is 12.1 Å². The maximum absolute atomic E-state index is 13.0. The zero-order valence-electron chi connectivity index (χ0n) is 16.6. The Kier molecular flexibility index (Phi) is 11.4. The third-order valence-corrected chi connectivity index (χ3v) is 4.61. The van der Waals surface area contributed by atoms with Crippen molar-refractivity contribution < 1.29 is 36.0 Å². The largest absolute Gasteiger partial charge is 2.00 e. The van der Waals surface area contributed by atoms with E-state index in [1.165, 1.54) is 12.1 Å². The van der Waals surface area contributed by atoms with Crippen LogP contribution in [0.1, 0.15) is 38.2 Å². The first-order valence-electron chi connectivity index (χ1n) is 9.35. The molecule has 1 heterocycles. The predicted molar refractivity (Wildman–Crippen MR) is 107 cm³/mol. The second-order valence-corrected chi connectivity index (χ2v) is 6.84. The molecule has 3 nitrogen and oxygen atoms in total. The van der Waals surface area contributed by atoms with Crippen LogP contribution in [0.2, 0.25) is 0 Å². The van der Waals surface area contributed by atoms with Gasteiger partial charge < -0.3 is 31.6 Å². The normalized spacial score (nSPS) is 17.7. The van der Waals surface area contributed by atoms with Gasteiger partial charge in [0.1, 0.15) is 5.82 Å². The van der Waals surface area contributed by atoms with Gasteiger partial charge in [0.25, 0.3) is 0 Å². The Bertz CT molecular complexity index is 792. The summed E-state index contributed by atoms with van der Waals surface area (Å²) in [5.41, 5.74) is 0.965. The Morgan fingerprint density at radius 2 is 1.72 bits per heavy atom. The van der Waals surface area contributed by atoms with Crippen molar-refractivity contribution in [1.29, 1.82) is 0 Å². The molecule has 1 aliphatic heterocycles. The van der Waals surface area contributed by atoms with Crippen LogP contribution in [-0.2, 0) is 15.1 Å². The van der Waals surface area contributed by atoms with Crippen LogP contribution in [0.3, 0.4) is 0 Å². The van der Waals surface area contributed by atoms with E-state index >= 15 is 0 Å². The van der Waals surface area contributed by atoms with Crippen LogP contribution in [0.4, 0.5) is 4.39 Å². The summed E-state index contributed by atoms with van der Waals surface area (Å²) in [6, 6.07) is 13.6. The standard InChI is InChI=1S/C23H24FO3.BrH.Mg/c1-23(25,15-3-5-17-27-22-6-2-4-16-26-22)20-11-7-18(8-12-20)19-9-13-21(24)14-10-19;;/h7-14,22H,2,4-6,16-17H2,1H3;1H;/q-1;;+2/p-1. The summed E-state index contributed by atoms with van der Waals surface area (Å²) < 4.78 is 24.1. The molecule has 0 bridgehead atoms. The Hall–Kier alpha value is -0.944. The summed E-state index contributed by atoms with van der Waals surface area (Å²) in [5, 5.41) is 12.8. The minimum absolute atomic E-state index is 0. The molecule has 0 spiro atoms. The Morgan fingerprint density at radius 3 is 2.31 bits per heavy atom. The van der Waals surface area contributed by atoms with Gasteiger partial charge in [0.05, 0.1) is 6.61 Å². The van der Waals surface area contributed by atoms with Gasteiger partial charge in [-0.05, 0) is 53.7 Å². The first kappa shape index (κ1) is 26.1. The number of halogens is 2. The molecule has 0 aliphatic carbocycles. The van der Waals surface area contributed by atoms with E-state index in [2.05, 4.69) is 11.8 Å². The van der Waals surface area contributed by atoms with E-state index in [0.29, 0.717) is 18.6 Å². The second-order valence-electron chi connectivity index (χ2n) is 6.84. The zero-order chi connectivity index (χ0) is 19.1. The summed E-state index contributed by atoms with van der Waals surface area (Å²) >= 11 is 0. The quantitative estimate of drug-likeness (QED) is 0.365. The van der Waals surface area contributed by atoms with Gasteiger partial charge in [0.15, 0.2) is 6.29 Å². The molecule has 29 heavy (non-hydrogen) atoms. The SMILES string of the molecule is CC([O-])(C#CCCOC1CCCCO1)c1ccc(-c2ccc(F)cc2)cc1.[Br-].[Mg+2]. The van der Waals surface area contributed by atoms with Crippen LogP contribution in [0.5, 0.6) is 0 Å². The molecule has 6 heteroatoms. The van der Waals surface area contributed by atoms with E-state index in [4.69, 9.17) is 9.47 Å². The molecule has 2 aromatic carbocycles. The summed E-state index contributed by atoms with van der Waals surface area (Å²) in [7, 11) is 0. The summed E-state index contributed by atoms with van der Waals surface area (Å²) in [4.78, 5) is 0. The average Bonchev–Trinajstić information content (AvgIpc) is 2.69. The van der Waals surface area contributed by atoms with Crippen molar-refractivity contribution >= 4 is 23.1 Å². The van der Waals surface area contributed by atoms with E-state index in [9.17, 15) is 9.50 Å². The molecule has 0 N–H and O–H groups in total. The maximum atomic E-state index is 13.0. The van der Waals surface area contributed by atoms with Gasteiger partial charge in [-0.3, -0.25) is 0 Å². The van der Waals surface area contributed by atoms with Crippen molar-refractivity contribution in [3.8, 4) is 23.0 Å². The average molecular weight is 472 g/mol. The molecule has 150 valence electrons. The van der Waals surface area contributed by atoms with Crippen molar-refractivity contribution in [2.24, 2.45) is 0 Å². The van der Waals surface area contributed by atoms with Crippen LogP contribution in [0.25, 0.3) is 11.1 Å². The minimum Gasteiger partial charge on any atom is -1.00 e. The monoisotopic (exact) mass is 470 g/mol. The topological polar surface area (TPSA) is 41.5 Å². The molecule has 0 radical (unpaired) electrons. The van der Waals surface area contributed by atoms with E-state index < -0.39 is 5.60 Å². The van der Waals surface area contributed by atoms with Crippen molar-refractivity contribution in [1.82, 2.24) is 0 Å². The fourth-order valence-electron chi connectivity index (χ4n) is 3.01. The molecule has 0 amide bonds. The summed E-state index contributed by atoms with van der Waals surface area (Å²) in [6.07, 6.45) is 3.52. The third kappa shape index (κ3) is 8.01. The molecule has 1 saturated heterocycles. The van der Waals surface area contributed by atoms with E-state index in [0.717, 1.165) is 37.0 Å². The van der Waals surface area contributed by atoms with Gasteiger partial charge >= 0.3 is 23.1 Å². The van der Waals surface area contributed by atoms with Crippen molar-refractivity contribution in [2.75, 3.05) is 13.2 Å². The molecule has 2 atom stereocenters. The molecule has 1 fully saturated rings. The van der Waals surface area contributed by atoms with Crippen LogP contribution >= 0.6 is 0 Å². The molecular formula is C23H24BrFMgO3. The number of hydrogen-bond acceptors (Lipinski definition) is 3. The Morgan fingerprint density at radius 1 is 1.10 bits per heavy atom. The Labute approximate surface area is 198 Å². The van der Waals surface area contributed by atoms with Gasteiger partial charge in [-0.25, -0.2) is 4.39 Å². The Balaban J connectivity index is 0.00000210. The van der Waals surface area contributed by atoms with Crippen molar-refractivity contribution in [3.63, 3.8) is 0 Å². The number of ether oxygens (including phenoxy) is 2. The first-order valence-corrected chi connectivity index (χ1v) is 9.35. The van der Waals surface area contributed by atoms with Crippen molar-refractivity contribution in [2.45, 2.75) is 44.5 Å². The van der Waals surface area contributed by atoms with Gasteiger partial charge in [0, 0.05) is 13.0 Å². The van der Waals surface area contributed by atoms with E-state index in [1.54, 1.807) is 31.2 Å². The molecule has 1 aliphatic rings. The van der Waals surface area contributed by atoms with Crippen LogP contribution in [0.15, 0.2) is 48.5 Å². The number of rotatable bonds is 5. The maximum Gasteiger partial charge on any atom is 2.00 e. The smallest absolute Gasteiger partial charge is 1.00 e. The molecular weight excluding hydrogens is 447 g/mol. The summed E-state index contributed by atoms with van der Waals surface area (Å²) in [6.45, 7) is 2.79. The first-order chi connectivity index (χ1) is 13.0. The minimum atomic E-state index is -1.48. The molecule has 2 aromatic rings. The van der Waals surface area contributed by atoms with Crippen LogP contribution in [0, 0.1) is 17.7 Å². The molecule has 0 saturated carbocycles. The predicted octanol–water partition coefficient (Wildman–Crippen LogP) is 0.628. The van der Waals surface area contributed by atoms with Gasteiger partial charge in [-0.2, -0.15) is 0 Å². The number of benzene rings is 2. The van der Waals surface area contributed by atoms with Crippen LogP contribution in [-0.4, -0.2) is 42.6 Å². The molecule has 3 rings (SSSR count). The molecule has 2 unspecified atom stereocenters. The van der Waals surface area contributed by atoms with Gasteiger partial charge in [-0.1, -0.05) is 43.3 Å². The fraction of sp³-hybridized carbons (Fsp3) is 0.391. The molecule has 0 aromatic heterocycles. The van der Waals surface area contributed by atoms with Gasteiger partial charge in [0.2, 0.25) is 0 Å². The van der Waals surface area contributed by atoms with Crippen molar-refractivity contribution in [3.05, 3.63) is 59.9 Å². The summed E-state index contributed by atoms with van der Waals surface area (Å²) in [5.74, 6) is 5.47. The third-order valence-electron chi connectivity index (χ3n) is 4.61. The van der Waals surface area contributed by atoms with Crippen LogP contribution < -0.4 is 22.1 Å². The number of hydrogen-bond donors (Lipinski definition) is 0. The zero-order valence-corrected chi connectivity index (χ0v) is 19.6. The second kappa shape index (κ2) is 12.7.